The molecule has 0 aliphatic rings. The zero-order valence-corrected chi connectivity index (χ0v) is 27.6. The number of anilines is 3. The molecular weight excluding hydrogens is 621 g/mol. The zero-order chi connectivity index (χ0) is 33.5. The molecule has 3 heteroatoms. The molecule has 238 valence electrons. The fourth-order valence-electron chi connectivity index (χ4n) is 8.11. The molecule has 0 N–H and O–H groups in total. The summed E-state index contributed by atoms with van der Waals surface area (Å²) in [4.78, 5) is 2.44. The van der Waals surface area contributed by atoms with Crippen molar-refractivity contribution < 1.29 is 4.42 Å². The predicted octanol–water partition coefficient (Wildman–Crippen LogP) is 13.6. The van der Waals surface area contributed by atoms with Crippen LogP contribution < -0.4 is 4.90 Å². The highest BCUT2D eigenvalue weighted by molar-refractivity contribution is 6.19. The smallest absolute Gasteiger partial charge is 0.136 e. The fourth-order valence-corrected chi connectivity index (χ4v) is 8.11. The number of para-hydroxylation sites is 2. The number of nitrogens with zero attached hydrogens (tertiary/aromatic N) is 2. The molecule has 11 aromatic rings. The molecular formula is C48H30N2O. The van der Waals surface area contributed by atoms with Crippen LogP contribution in [0.25, 0.3) is 81.7 Å². The third-order valence-corrected chi connectivity index (χ3v) is 10.5. The molecule has 9 aromatic carbocycles. The van der Waals surface area contributed by atoms with Crippen LogP contribution in [0, 0.1) is 0 Å². The second-order valence-corrected chi connectivity index (χ2v) is 13.4. The maximum atomic E-state index is 6.26. The van der Waals surface area contributed by atoms with Crippen molar-refractivity contribution >= 4 is 93.1 Å². The van der Waals surface area contributed by atoms with Gasteiger partial charge in [-0.05, 0) is 111 Å². The van der Waals surface area contributed by atoms with Gasteiger partial charge in [0.05, 0.1) is 16.7 Å². The highest BCUT2D eigenvalue weighted by Crippen LogP contribution is 2.46. The molecule has 11 rings (SSSR count). The summed E-state index contributed by atoms with van der Waals surface area (Å²) in [5.74, 6) is 0. The van der Waals surface area contributed by atoms with E-state index in [1.165, 1.54) is 48.7 Å². The number of aromatic nitrogens is 1. The summed E-state index contributed by atoms with van der Waals surface area (Å²) in [5, 5.41) is 11.9. The molecule has 0 aliphatic carbocycles. The van der Waals surface area contributed by atoms with Gasteiger partial charge in [-0.1, -0.05) is 103 Å². The lowest BCUT2D eigenvalue weighted by Gasteiger charge is -2.27. The van der Waals surface area contributed by atoms with Gasteiger partial charge in [0.2, 0.25) is 0 Å². The van der Waals surface area contributed by atoms with Crippen LogP contribution in [0.3, 0.4) is 0 Å². The lowest BCUT2D eigenvalue weighted by molar-refractivity contribution is 0.669. The van der Waals surface area contributed by atoms with Gasteiger partial charge in [-0.3, -0.25) is 0 Å². The summed E-state index contributed by atoms with van der Waals surface area (Å²) in [5.41, 5.74) is 8.66. The van der Waals surface area contributed by atoms with E-state index >= 15 is 0 Å². The number of benzene rings is 9. The van der Waals surface area contributed by atoms with Crippen molar-refractivity contribution in [3.8, 4) is 5.69 Å². The minimum atomic E-state index is 0.911. The van der Waals surface area contributed by atoms with Gasteiger partial charge in [0.15, 0.2) is 0 Å². The van der Waals surface area contributed by atoms with Crippen LogP contribution in [0.4, 0.5) is 17.1 Å². The maximum absolute atomic E-state index is 6.26. The van der Waals surface area contributed by atoms with Crippen LogP contribution in [0.15, 0.2) is 186 Å². The van der Waals surface area contributed by atoms with Gasteiger partial charge < -0.3 is 13.9 Å². The molecule has 2 aromatic heterocycles. The number of fused-ring (bicyclic) bond motifs is 9. The molecule has 2 heterocycles. The maximum Gasteiger partial charge on any atom is 0.136 e. The Kier molecular flexibility index (Phi) is 5.96. The molecule has 0 atom stereocenters. The van der Waals surface area contributed by atoms with Crippen molar-refractivity contribution in [2.45, 2.75) is 0 Å². The van der Waals surface area contributed by atoms with Crippen LogP contribution >= 0.6 is 0 Å². The molecule has 0 unspecified atom stereocenters. The molecule has 0 amide bonds. The highest BCUT2D eigenvalue weighted by atomic mass is 16.3. The van der Waals surface area contributed by atoms with Crippen molar-refractivity contribution in [2.24, 2.45) is 0 Å². The van der Waals surface area contributed by atoms with Gasteiger partial charge in [0.1, 0.15) is 11.2 Å². The third-order valence-electron chi connectivity index (χ3n) is 10.5. The van der Waals surface area contributed by atoms with E-state index in [0.717, 1.165) is 50.1 Å². The van der Waals surface area contributed by atoms with Gasteiger partial charge in [-0.15, -0.1) is 0 Å². The van der Waals surface area contributed by atoms with Gasteiger partial charge in [0.25, 0.3) is 0 Å². The molecule has 0 saturated heterocycles. The Balaban J connectivity index is 1.23. The first kappa shape index (κ1) is 28.0. The molecule has 0 aliphatic heterocycles. The van der Waals surface area contributed by atoms with Crippen LogP contribution in [-0.4, -0.2) is 4.57 Å². The number of hydrogen-bond donors (Lipinski definition) is 0. The van der Waals surface area contributed by atoms with Gasteiger partial charge >= 0.3 is 0 Å². The van der Waals surface area contributed by atoms with Crippen molar-refractivity contribution in [3.63, 3.8) is 0 Å². The number of furan rings is 1. The van der Waals surface area contributed by atoms with E-state index in [0.29, 0.717) is 0 Å². The Morgan fingerprint density at radius 2 is 1.00 bits per heavy atom. The quantitative estimate of drug-likeness (QED) is 0.189. The Labute approximate surface area is 293 Å². The van der Waals surface area contributed by atoms with E-state index in [4.69, 9.17) is 4.42 Å². The van der Waals surface area contributed by atoms with E-state index in [1.807, 2.05) is 12.1 Å². The number of rotatable bonds is 4. The van der Waals surface area contributed by atoms with Crippen LogP contribution in [0.5, 0.6) is 0 Å². The summed E-state index contributed by atoms with van der Waals surface area (Å²) in [6, 6.07) is 65.8. The van der Waals surface area contributed by atoms with E-state index in [9.17, 15) is 0 Å². The first-order chi connectivity index (χ1) is 25.3. The first-order valence-corrected chi connectivity index (χ1v) is 17.4. The Hall–Kier alpha value is -6.84. The van der Waals surface area contributed by atoms with Crippen LogP contribution in [0.1, 0.15) is 0 Å². The van der Waals surface area contributed by atoms with Gasteiger partial charge in [-0.25, -0.2) is 0 Å². The molecule has 0 radical (unpaired) electrons. The zero-order valence-electron chi connectivity index (χ0n) is 27.6. The SMILES string of the molecule is c1ccc(-n2c3cc4ccccc4cc3c3c(N(c4ccc5ccccc5c4)c4ccc5cc6oc7ccccc7c6cc5c4)cccc32)cc1. The Bertz CT molecular complexity index is 3150. The minimum absolute atomic E-state index is 0.911. The highest BCUT2D eigenvalue weighted by Gasteiger charge is 2.22. The topological polar surface area (TPSA) is 21.3 Å². The summed E-state index contributed by atoms with van der Waals surface area (Å²) in [6.45, 7) is 0. The summed E-state index contributed by atoms with van der Waals surface area (Å²) < 4.78 is 8.68. The minimum Gasteiger partial charge on any atom is -0.456 e. The molecule has 0 saturated carbocycles. The second kappa shape index (κ2) is 10.8. The second-order valence-electron chi connectivity index (χ2n) is 13.4. The first-order valence-electron chi connectivity index (χ1n) is 17.4. The lowest BCUT2D eigenvalue weighted by atomic mass is 10.0. The molecule has 51 heavy (non-hydrogen) atoms. The van der Waals surface area contributed by atoms with Crippen LogP contribution in [0.2, 0.25) is 0 Å². The summed E-state index contributed by atoms with van der Waals surface area (Å²) in [7, 11) is 0. The van der Waals surface area contributed by atoms with E-state index < -0.39 is 0 Å². The van der Waals surface area contributed by atoms with Crippen LogP contribution in [-0.2, 0) is 0 Å². The average molecular weight is 651 g/mol. The fraction of sp³-hybridized carbons (Fsp3) is 0. The van der Waals surface area contributed by atoms with Crippen molar-refractivity contribution in [1.29, 1.82) is 0 Å². The lowest BCUT2D eigenvalue weighted by Crippen LogP contribution is -2.10. The van der Waals surface area contributed by atoms with Crippen molar-refractivity contribution in [1.82, 2.24) is 4.57 Å². The monoisotopic (exact) mass is 650 g/mol. The number of hydrogen-bond acceptors (Lipinski definition) is 2. The predicted molar refractivity (Wildman–Crippen MR) is 215 cm³/mol. The largest absolute Gasteiger partial charge is 0.456 e. The summed E-state index contributed by atoms with van der Waals surface area (Å²) in [6.07, 6.45) is 0. The Morgan fingerprint density at radius 3 is 1.82 bits per heavy atom. The van der Waals surface area contributed by atoms with Gasteiger partial charge in [0, 0.05) is 38.6 Å². The van der Waals surface area contributed by atoms with E-state index in [2.05, 4.69) is 179 Å². The van der Waals surface area contributed by atoms with Gasteiger partial charge in [-0.2, -0.15) is 0 Å². The average Bonchev–Trinajstić information content (AvgIpc) is 3.71. The summed E-state index contributed by atoms with van der Waals surface area (Å²) >= 11 is 0. The standard InChI is InChI=1S/C48H30N2O/c1-2-15-37(16-3-1)50-44-19-10-18-43(48(44)42-27-33-13-6-7-14-34(33)29-45(42)50)49(38-23-21-31-11-4-5-12-32(31)25-38)39-24-22-35-30-47-41(28-36(35)26-39)40-17-8-9-20-46(40)51-47/h1-30H. The molecule has 3 nitrogen and oxygen atoms in total. The molecule has 0 spiro atoms. The van der Waals surface area contributed by atoms with Crippen molar-refractivity contribution in [2.75, 3.05) is 4.90 Å². The Morgan fingerprint density at radius 1 is 0.373 bits per heavy atom. The third kappa shape index (κ3) is 4.32. The van der Waals surface area contributed by atoms with E-state index in [-0.39, 0.29) is 0 Å². The molecule has 0 bridgehead atoms. The molecule has 0 fully saturated rings. The normalized spacial score (nSPS) is 11.9. The van der Waals surface area contributed by atoms with Crippen molar-refractivity contribution in [3.05, 3.63) is 182 Å². The van der Waals surface area contributed by atoms with E-state index in [1.54, 1.807) is 0 Å².